The Kier molecular flexibility index (Phi) is 3.44. The highest BCUT2D eigenvalue weighted by molar-refractivity contribution is 7.99. The summed E-state index contributed by atoms with van der Waals surface area (Å²) in [5.74, 6) is 5.54. The molecule has 0 saturated carbocycles. The van der Waals surface area contributed by atoms with Crippen LogP contribution in [-0.2, 0) is 5.41 Å². The summed E-state index contributed by atoms with van der Waals surface area (Å²) in [5.41, 5.74) is 2.03. The molecule has 0 atom stereocenters. The summed E-state index contributed by atoms with van der Waals surface area (Å²) in [6, 6.07) is 5.77. The molecule has 90 valence electrons. The average molecular weight is 252 g/mol. The minimum Gasteiger partial charge on any atom is -0.196 e. The highest BCUT2D eigenvalue weighted by Crippen LogP contribution is 2.41. The maximum absolute atomic E-state index is 12.0. The summed E-state index contributed by atoms with van der Waals surface area (Å²) in [4.78, 5) is 1.25. The zero-order valence-corrected chi connectivity index (χ0v) is 10.7. The van der Waals surface area contributed by atoms with Gasteiger partial charge in [-0.25, -0.2) is 0 Å². The predicted octanol–water partition coefficient (Wildman–Crippen LogP) is 4.08. The maximum Gasteiger partial charge on any atom is 0.299 e. The molecule has 0 nitrogen and oxygen atoms in total. The molecule has 1 aromatic carbocycles. The Morgan fingerprint density at radius 3 is 2.82 bits per heavy atom. The van der Waals surface area contributed by atoms with E-state index >= 15 is 0 Å². The standard InChI is InChI=1S/C14H14F2S/c1-14(2)7-8-17-12-5-3-10(9-11(12)14)4-6-13(15)16/h3,5,9,13H,7-8H2,1-2H3. The van der Waals surface area contributed by atoms with Crippen molar-refractivity contribution in [3.8, 4) is 11.8 Å². The van der Waals surface area contributed by atoms with Crippen LogP contribution in [0.1, 0.15) is 31.4 Å². The number of benzene rings is 1. The van der Waals surface area contributed by atoms with E-state index in [1.54, 1.807) is 0 Å². The van der Waals surface area contributed by atoms with Gasteiger partial charge in [0, 0.05) is 10.5 Å². The number of fused-ring (bicyclic) bond motifs is 1. The smallest absolute Gasteiger partial charge is 0.196 e. The van der Waals surface area contributed by atoms with Gasteiger partial charge in [-0.3, -0.25) is 0 Å². The average Bonchev–Trinajstić information content (AvgIpc) is 2.26. The van der Waals surface area contributed by atoms with E-state index in [4.69, 9.17) is 0 Å². The van der Waals surface area contributed by atoms with Crippen LogP contribution in [0.2, 0.25) is 0 Å². The number of halogens is 2. The molecule has 0 aliphatic carbocycles. The van der Waals surface area contributed by atoms with Crippen molar-refractivity contribution in [3.63, 3.8) is 0 Å². The van der Waals surface area contributed by atoms with Crippen molar-refractivity contribution in [2.24, 2.45) is 0 Å². The first-order valence-electron chi connectivity index (χ1n) is 5.56. The Morgan fingerprint density at radius 1 is 1.35 bits per heavy atom. The molecule has 1 heterocycles. The largest absolute Gasteiger partial charge is 0.299 e. The molecule has 1 aliphatic rings. The quantitative estimate of drug-likeness (QED) is 0.627. The van der Waals surface area contributed by atoms with E-state index < -0.39 is 6.43 Å². The molecule has 0 amide bonds. The second-order valence-corrected chi connectivity index (χ2v) is 5.90. The van der Waals surface area contributed by atoms with Crippen molar-refractivity contribution in [1.29, 1.82) is 0 Å². The number of hydrogen-bond donors (Lipinski definition) is 0. The van der Waals surface area contributed by atoms with E-state index in [0.29, 0.717) is 5.56 Å². The van der Waals surface area contributed by atoms with Crippen molar-refractivity contribution in [1.82, 2.24) is 0 Å². The third kappa shape index (κ3) is 2.81. The molecule has 3 heteroatoms. The molecule has 1 aliphatic heterocycles. The molecule has 0 radical (unpaired) electrons. The molecular weight excluding hydrogens is 238 g/mol. The van der Waals surface area contributed by atoms with Crippen LogP contribution in [0.25, 0.3) is 0 Å². The van der Waals surface area contributed by atoms with Crippen molar-refractivity contribution in [2.75, 3.05) is 5.75 Å². The van der Waals surface area contributed by atoms with Gasteiger partial charge in [0.25, 0.3) is 6.43 Å². The molecule has 1 aromatic rings. The molecule has 0 saturated heterocycles. The van der Waals surface area contributed by atoms with Crippen LogP contribution in [0.5, 0.6) is 0 Å². The van der Waals surface area contributed by atoms with Crippen LogP contribution in [0, 0.1) is 11.8 Å². The lowest BCUT2D eigenvalue weighted by atomic mass is 9.81. The summed E-state index contributed by atoms with van der Waals surface area (Å²) in [5, 5.41) is 0. The Labute approximate surface area is 105 Å². The minimum absolute atomic E-state index is 0.114. The van der Waals surface area contributed by atoms with Crippen LogP contribution in [0.4, 0.5) is 8.78 Å². The fourth-order valence-electron chi connectivity index (χ4n) is 1.95. The van der Waals surface area contributed by atoms with Gasteiger partial charge in [-0.2, -0.15) is 8.78 Å². The second kappa shape index (κ2) is 4.70. The van der Waals surface area contributed by atoms with Crippen molar-refractivity contribution >= 4 is 11.8 Å². The lowest BCUT2D eigenvalue weighted by molar-refractivity contribution is 0.215. The van der Waals surface area contributed by atoms with E-state index in [0.717, 1.165) is 12.2 Å². The SMILES string of the molecule is CC1(C)CCSc2ccc(C#CC(F)F)cc21. The lowest BCUT2D eigenvalue weighted by Crippen LogP contribution is -2.22. The minimum atomic E-state index is -2.56. The number of hydrogen-bond acceptors (Lipinski definition) is 1. The number of rotatable bonds is 0. The van der Waals surface area contributed by atoms with E-state index in [2.05, 4.69) is 19.8 Å². The van der Waals surface area contributed by atoms with Gasteiger partial charge in [0.1, 0.15) is 0 Å². The Morgan fingerprint density at radius 2 is 2.12 bits per heavy atom. The maximum atomic E-state index is 12.0. The van der Waals surface area contributed by atoms with E-state index in [1.807, 2.05) is 35.9 Å². The van der Waals surface area contributed by atoms with Crippen LogP contribution in [0.15, 0.2) is 23.1 Å². The zero-order chi connectivity index (χ0) is 12.5. The van der Waals surface area contributed by atoms with Gasteiger partial charge in [0.05, 0.1) is 0 Å². The first-order valence-corrected chi connectivity index (χ1v) is 6.55. The molecule has 0 aromatic heterocycles. The summed E-state index contributed by atoms with van der Waals surface area (Å²) in [6.45, 7) is 4.38. The van der Waals surface area contributed by atoms with E-state index in [9.17, 15) is 8.78 Å². The lowest BCUT2D eigenvalue weighted by Gasteiger charge is -2.32. The van der Waals surface area contributed by atoms with Crippen molar-refractivity contribution < 1.29 is 8.78 Å². The van der Waals surface area contributed by atoms with Crippen LogP contribution >= 0.6 is 11.8 Å². The van der Waals surface area contributed by atoms with Gasteiger partial charge in [0.2, 0.25) is 0 Å². The Balaban J connectivity index is 2.39. The number of thioether (sulfide) groups is 1. The zero-order valence-electron chi connectivity index (χ0n) is 9.89. The van der Waals surface area contributed by atoms with E-state index in [1.165, 1.54) is 10.5 Å². The topological polar surface area (TPSA) is 0 Å². The first kappa shape index (κ1) is 12.4. The van der Waals surface area contributed by atoms with Gasteiger partial charge >= 0.3 is 0 Å². The molecule has 17 heavy (non-hydrogen) atoms. The molecule has 0 bridgehead atoms. The van der Waals surface area contributed by atoms with E-state index in [-0.39, 0.29) is 5.41 Å². The van der Waals surface area contributed by atoms with Crippen molar-refractivity contribution in [3.05, 3.63) is 29.3 Å². The molecule has 0 spiro atoms. The third-order valence-corrected chi connectivity index (χ3v) is 4.09. The highest BCUT2D eigenvalue weighted by Gasteiger charge is 2.27. The third-order valence-electron chi connectivity index (χ3n) is 3.02. The van der Waals surface area contributed by atoms with Crippen LogP contribution in [0.3, 0.4) is 0 Å². The Bertz CT molecular complexity index is 481. The summed E-state index contributed by atoms with van der Waals surface area (Å²) < 4.78 is 24.1. The Hall–Kier alpha value is -1.01. The fraction of sp³-hybridized carbons (Fsp3) is 0.429. The van der Waals surface area contributed by atoms with Gasteiger partial charge in [0.15, 0.2) is 0 Å². The fourth-order valence-corrected chi connectivity index (χ4v) is 3.44. The molecule has 0 N–H and O–H groups in total. The van der Waals surface area contributed by atoms with Crippen molar-refractivity contribution in [2.45, 2.75) is 37.0 Å². The highest BCUT2D eigenvalue weighted by atomic mass is 32.2. The number of alkyl halides is 2. The molecule has 2 rings (SSSR count). The van der Waals surface area contributed by atoms with Gasteiger partial charge < -0.3 is 0 Å². The van der Waals surface area contributed by atoms with Crippen LogP contribution in [-0.4, -0.2) is 12.2 Å². The monoisotopic (exact) mass is 252 g/mol. The summed E-state index contributed by atoms with van der Waals surface area (Å²) in [6.07, 6.45) is -1.45. The molecular formula is C14H14F2S. The molecule has 0 unspecified atom stereocenters. The van der Waals surface area contributed by atoms with Gasteiger partial charge in [-0.15, -0.1) is 11.8 Å². The summed E-state index contributed by atoms with van der Waals surface area (Å²) in [7, 11) is 0. The predicted molar refractivity (Wildman–Crippen MR) is 67.7 cm³/mol. The van der Waals surface area contributed by atoms with Crippen LogP contribution < -0.4 is 0 Å². The first-order chi connectivity index (χ1) is 7.99. The summed E-state index contributed by atoms with van der Waals surface area (Å²) >= 11 is 1.83. The van der Waals surface area contributed by atoms with Gasteiger partial charge in [-0.05, 0) is 47.3 Å². The van der Waals surface area contributed by atoms with Gasteiger partial charge in [-0.1, -0.05) is 19.8 Å². The molecule has 0 fully saturated rings. The second-order valence-electron chi connectivity index (χ2n) is 4.76. The normalized spacial score (nSPS) is 17.2.